The Kier molecular flexibility index (Phi) is 5.00. The predicted octanol–water partition coefficient (Wildman–Crippen LogP) is 3.96. The Morgan fingerprint density at radius 3 is 2.47 bits per heavy atom. The van der Waals surface area contributed by atoms with E-state index in [1.165, 1.54) is 11.1 Å². The second-order valence-electron chi connectivity index (χ2n) is 4.69. The third-order valence-corrected chi connectivity index (χ3v) is 4.51. The first-order valence-electron chi connectivity index (χ1n) is 6.60. The van der Waals surface area contributed by atoms with Crippen molar-refractivity contribution < 1.29 is 0 Å². The SMILES string of the molecule is CCC(N)C(Sc1ccccn1)c1ccc(C)cc1. The Morgan fingerprint density at radius 1 is 1.16 bits per heavy atom. The third-order valence-electron chi connectivity index (χ3n) is 3.15. The summed E-state index contributed by atoms with van der Waals surface area (Å²) in [5, 5.41) is 1.28. The maximum atomic E-state index is 6.29. The van der Waals surface area contributed by atoms with Crippen molar-refractivity contribution in [3.8, 4) is 0 Å². The van der Waals surface area contributed by atoms with Crippen LogP contribution in [0.4, 0.5) is 0 Å². The van der Waals surface area contributed by atoms with Crippen LogP contribution in [0.5, 0.6) is 0 Å². The molecule has 2 nitrogen and oxygen atoms in total. The van der Waals surface area contributed by atoms with Crippen LogP contribution >= 0.6 is 11.8 Å². The van der Waals surface area contributed by atoms with Gasteiger partial charge in [-0.1, -0.05) is 54.6 Å². The van der Waals surface area contributed by atoms with Crippen LogP contribution in [-0.2, 0) is 0 Å². The number of pyridine rings is 1. The largest absolute Gasteiger partial charge is 0.326 e. The molecule has 2 aromatic rings. The minimum atomic E-state index is 0.134. The van der Waals surface area contributed by atoms with E-state index in [1.54, 1.807) is 11.8 Å². The summed E-state index contributed by atoms with van der Waals surface area (Å²) in [5.74, 6) is 0. The molecule has 0 spiro atoms. The molecule has 3 heteroatoms. The van der Waals surface area contributed by atoms with Gasteiger partial charge in [0.05, 0.1) is 10.3 Å². The predicted molar refractivity (Wildman–Crippen MR) is 82.3 cm³/mol. The van der Waals surface area contributed by atoms with Gasteiger partial charge in [-0.3, -0.25) is 0 Å². The van der Waals surface area contributed by atoms with Crippen LogP contribution in [0, 0.1) is 6.92 Å². The standard InChI is InChI=1S/C16H20N2S/c1-3-14(17)16(13-9-7-12(2)8-10-13)19-15-6-4-5-11-18-15/h4-11,14,16H,3,17H2,1-2H3. The molecule has 2 rings (SSSR count). The molecule has 1 aromatic heterocycles. The Labute approximate surface area is 119 Å². The van der Waals surface area contributed by atoms with Crippen molar-refractivity contribution >= 4 is 11.8 Å². The fraction of sp³-hybridized carbons (Fsp3) is 0.312. The van der Waals surface area contributed by atoms with Crippen molar-refractivity contribution in [2.24, 2.45) is 5.73 Å². The van der Waals surface area contributed by atoms with Crippen molar-refractivity contribution in [2.75, 3.05) is 0 Å². The minimum absolute atomic E-state index is 0.134. The summed E-state index contributed by atoms with van der Waals surface area (Å²) in [6.45, 7) is 4.23. The van der Waals surface area contributed by atoms with E-state index < -0.39 is 0 Å². The van der Waals surface area contributed by atoms with Gasteiger partial charge in [0.1, 0.15) is 0 Å². The van der Waals surface area contributed by atoms with Crippen LogP contribution in [0.15, 0.2) is 53.7 Å². The van der Waals surface area contributed by atoms with Crippen LogP contribution in [0.2, 0.25) is 0 Å². The number of hydrogen-bond donors (Lipinski definition) is 1. The summed E-state index contributed by atoms with van der Waals surface area (Å²) in [7, 11) is 0. The molecule has 2 N–H and O–H groups in total. The number of hydrogen-bond acceptors (Lipinski definition) is 3. The topological polar surface area (TPSA) is 38.9 Å². The second kappa shape index (κ2) is 6.73. The molecule has 0 saturated heterocycles. The summed E-state index contributed by atoms with van der Waals surface area (Å²) in [4.78, 5) is 4.39. The van der Waals surface area contributed by atoms with Gasteiger partial charge in [0.2, 0.25) is 0 Å². The van der Waals surface area contributed by atoms with Crippen LogP contribution in [0.25, 0.3) is 0 Å². The normalized spacial score (nSPS) is 14.1. The number of benzene rings is 1. The highest BCUT2D eigenvalue weighted by atomic mass is 32.2. The monoisotopic (exact) mass is 272 g/mol. The highest BCUT2D eigenvalue weighted by Gasteiger charge is 2.20. The van der Waals surface area contributed by atoms with Crippen LogP contribution < -0.4 is 5.73 Å². The second-order valence-corrected chi connectivity index (χ2v) is 5.85. The molecule has 0 saturated carbocycles. The number of nitrogens with two attached hydrogens (primary N) is 1. The summed E-state index contributed by atoms with van der Waals surface area (Å²) in [6.07, 6.45) is 2.78. The van der Waals surface area contributed by atoms with Gasteiger partial charge in [-0.05, 0) is 31.0 Å². The first-order chi connectivity index (χ1) is 9.20. The van der Waals surface area contributed by atoms with Gasteiger partial charge < -0.3 is 5.73 Å². The zero-order valence-corrected chi connectivity index (χ0v) is 12.2. The van der Waals surface area contributed by atoms with E-state index in [-0.39, 0.29) is 11.3 Å². The maximum absolute atomic E-state index is 6.29. The highest BCUT2D eigenvalue weighted by molar-refractivity contribution is 7.99. The van der Waals surface area contributed by atoms with Gasteiger partial charge in [0, 0.05) is 12.2 Å². The van der Waals surface area contributed by atoms with E-state index >= 15 is 0 Å². The molecule has 2 atom stereocenters. The van der Waals surface area contributed by atoms with Gasteiger partial charge in [0.15, 0.2) is 0 Å². The average molecular weight is 272 g/mol. The first-order valence-corrected chi connectivity index (χ1v) is 7.48. The van der Waals surface area contributed by atoms with E-state index in [0.717, 1.165) is 11.4 Å². The van der Waals surface area contributed by atoms with E-state index in [4.69, 9.17) is 5.73 Å². The Balaban J connectivity index is 2.23. The molecule has 100 valence electrons. The van der Waals surface area contributed by atoms with Crippen molar-refractivity contribution in [1.82, 2.24) is 4.98 Å². The summed E-state index contributed by atoms with van der Waals surface area (Å²) in [6, 6.07) is 14.7. The molecule has 1 aromatic carbocycles. The van der Waals surface area contributed by atoms with E-state index in [1.807, 2.05) is 24.4 Å². The van der Waals surface area contributed by atoms with Crippen molar-refractivity contribution in [1.29, 1.82) is 0 Å². The summed E-state index contributed by atoms with van der Waals surface area (Å²) >= 11 is 1.74. The molecule has 2 unspecified atom stereocenters. The minimum Gasteiger partial charge on any atom is -0.326 e. The van der Waals surface area contributed by atoms with Gasteiger partial charge in [-0.25, -0.2) is 4.98 Å². The lowest BCUT2D eigenvalue weighted by Gasteiger charge is -2.22. The Bertz CT molecular complexity index is 496. The van der Waals surface area contributed by atoms with E-state index in [2.05, 4.69) is 43.1 Å². The molecule has 0 aliphatic heterocycles. The van der Waals surface area contributed by atoms with E-state index in [9.17, 15) is 0 Å². The Hall–Kier alpha value is -1.32. The van der Waals surface area contributed by atoms with Crippen molar-refractivity contribution in [3.05, 3.63) is 59.8 Å². The molecule has 19 heavy (non-hydrogen) atoms. The quantitative estimate of drug-likeness (QED) is 0.837. The molecule has 0 aliphatic carbocycles. The van der Waals surface area contributed by atoms with Crippen LogP contribution in [-0.4, -0.2) is 11.0 Å². The first kappa shape index (κ1) is 14.1. The smallest absolute Gasteiger partial charge is 0.0966 e. The molecule has 0 bridgehead atoms. The average Bonchev–Trinajstić information content (AvgIpc) is 2.46. The van der Waals surface area contributed by atoms with Crippen molar-refractivity contribution in [2.45, 2.75) is 36.6 Å². The summed E-state index contributed by atoms with van der Waals surface area (Å²) in [5.41, 5.74) is 8.83. The lowest BCUT2D eigenvalue weighted by Crippen LogP contribution is -2.25. The fourth-order valence-electron chi connectivity index (χ4n) is 1.92. The highest BCUT2D eigenvalue weighted by Crippen LogP contribution is 2.37. The molecule has 0 aliphatic rings. The Morgan fingerprint density at radius 2 is 1.89 bits per heavy atom. The molecule has 0 fully saturated rings. The van der Waals surface area contributed by atoms with Crippen molar-refractivity contribution in [3.63, 3.8) is 0 Å². The number of rotatable bonds is 5. The van der Waals surface area contributed by atoms with Gasteiger partial charge >= 0.3 is 0 Å². The molecular formula is C16H20N2S. The lowest BCUT2D eigenvalue weighted by molar-refractivity contribution is 0.633. The molecular weight excluding hydrogens is 252 g/mol. The van der Waals surface area contributed by atoms with Crippen LogP contribution in [0.1, 0.15) is 29.7 Å². The molecule has 1 heterocycles. The van der Waals surface area contributed by atoms with E-state index in [0.29, 0.717) is 0 Å². The molecule has 0 amide bonds. The fourth-order valence-corrected chi connectivity index (χ4v) is 3.12. The maximum Gasteiger partial charge on any atom is 0.0966 e. The number of thioether (sulfide) groups is 1. The zero-order valence-electron chi connectivity index (χ0n) is 11.4. The number of nitrogens with zero attached hydrogens (tertiary/aromatic N) is 1. The number of aryl methyl sites for hydroxylation is 1. The zero-order chi connectivity index (χ0) is 13.7. The van der Waals surface area contributed by atoms with Gasteiger partial charge in [-0.15, -0.1) is 0 Å². The summed E-state index contributed by atoms with van der Waals surface area (Å²) < 4.78 is 0. The number of aromatic nitrogens is 1. The van der Waals surface area contributed by atoms with Gasteiger partial charge in [-0.2, -0.15) is 0 Å². The van der Waals surface area contributed by atoms with Crippen LogP contribution in [0.3, 0.4) is 0 Å². The molecule has 0 radical (unpaired) electrons. The van der Waals surface area contributed by atoms with Gasteiger partial charge in [0.25, 0.3) is 0 Å². The third kappa shape index (κ3) is 3.82. The lowest BCUT2D eigenvalue weighted by atomic mass is 10.0.